The summed E-state index contributed by atoms with van der Waals surface area (Å²) in [6.07, 6.45) is 2.06. The molecule has 134 valence electrons. The van der Waals surface area contributed by atoms with Crippen LogP contribution in [0.4, 0.5) is 0 Å². The molecule has 0 spiro atoms. The molecule has 0 atom stereocenters. The summed E-state index contributed by atoms with van der Waals surface area (Å²) >= 11 is 0. The number of ether oxygens (including phenoxy) is 1. The summed E-state index contributed by atoms with van der Waals surface area (Å²) in [7, 11) is 1.64. The van der Waals surface area contributed by atoms with Crippen LogP contribution in [0, 0.1) is 5.92 Å². The molecule has 2 amide bonds. The Morgan fingerprint density at radius 2 is 2.00 bits per heavy atom. The standard InChI is InChI=1S/C19H30N2O3/c1-15(2)9-12-21(16(3)22)13-10-19(23)20-11-8-17-6-5-7-18(14-17)24-4/h5-7,14-15H,8-13H2,1-4H3,(H,20,23). The molecule has 0 saturated heterocycles. The minimum atomic E-state index is -0.0197. The Balaban J connectivity index is 2.30. The van der Waals surface area contributed by atoms with E-state index >= 15 is 0 Å². The maximum absolute atomic E-state index is 11.9. The van der Waals surface area contributed by atoms with Gasteiger partial charge in [-0.1, -0.05) is 26.0 Å². The first-order valence-corrected chi connectivity index (χ1v) is 8.57. The highest BCUT2D eigenvalue weighted by Gasteiger charge is 2.11. The summed E-state index contributed by atoms with van der Waals surface area (Å²) in [5.41, 5.74) is 1.12. The molecule has 5 heteroatoms. The molecule has 0 aliphatic carbocycles. The lowest BCUT2D eigenvalue weighted by Gasteiger charge is -2.21. The Hall–Kier alpha value is -2.04. The topological polar surface area (TPSA) is 58.6 Å². The zero-order valence-corrected chi connectivity index (χ0v) is 15.3. The van der Waals surface area contributed by atoms with Crippen molar-refractivity contribution in [3.63, 3.8) is 0 Å². The third kappa shape index (κ3) is 7.99. The van der Waals surface area contributed by atoms with E-state index in [1.165, 1.54) is 0 Å². The molecule has 0 bridgehead atoms. The van der Waals surface area contributed by atoms with Crippen LogP contribution < -0.4 is 10.1 Å². The zero-order chi connectivity index (χ0) is 17.9. The molecular weight excluding hydrogens is 304 g/mol. The van der Waals surface area contributed by atoms with Crippen LogP contribution in [-0.2, 0) is 16.0 Å². The van der Waals surface area contributed by atoms with Gasteiger partial charge in [0.05, 0.1) is 7.11 Å². The van der Waals surface area contributed by atoms with Crippen LogP contribution in [0.2, 0.25) is 0 Å². The lowest BCUT2D eigenvalue weighted by atomic mass is 10.1. The van der Waals surface area contributed by atoms with Gasteiger partial charge >= 0.3 is 0 Å². The predicted molar refractivity (Wildman–Crippen MR) is 96.0 cm³/mol. The van der Waals surface area contributed by atoms with Gasteiger partial charge in [-0.2, -0.15) is 0 Å². The lowest BCUT2D eigenvalue weighted by Crippen LogP contribution is -2.35. The van der Waals surface area contributed by atoms with E-state index in [0.717, 1.165) is 24.2 Å². The highest BCUT2D eigenvalue weighted by atomic mass is 16.5. The quantitative estimate of drug-likeness (QED) is 0.715. The monoisotopic (exact) mass is 334 g/mol. The van der Waals surface area contributed by atoms with E-state index in [1.807, 2.05) is 24.3 Å². The van der Waals surface area contributed by atoms with Crippen LogP contribution in [-0.4, -0.2) is 43.5 Å². The Labute approximate surface area is 145 Å². The molecule has 1 N–H and O–H groups in total. The summed E-state index contributed by atoms with van der Waals surface area (Å²) in [4.78, 5) is 25.3. The van der Waals surface area contributed by atoms with Crippen molar-refractivity contribution in [1.29, 1.82) is 0 Å². The van der Waals surface area contributed by atoms with Gasteiger partial charge in [-0.25, -0.2) is 0 Å². The van der Waals surface area contributed by atoms with Crippen LogP contribution in [0.3, 0.4) is 0 Å². The van der Waals surface area contributed by atoms with Crippen molar-refractivity contribution in [2.45, 2.75) is 40.0 Å². The Morgan fingerprint density at radius 1 is 1.25 bits per heavy atom. The van der Waals surface area contributed by atoms with Gasteiger partial charge in [-0.15, -0.1) is 0 Å². The van der Waals surface area contributed by atoms with E-state index in [9.17, 15) is 9.59 Å². The third-order valence-electron chi connectivity index (χ3n) is 3.90. The van der Waals surface area contributed by atoms with Gasteiger partial charge in [0.2, 0.25) is 11.8 Å². The number of nitrogens with one attached hydrogen (secondary N) is 1. The smallest absolute Gasteiger partial charge is 0.221 e. The van der Waals surface area contributed by atoms with E-state index in [2.05, 4.69) is 19.2 Å². The van der Waals surface area contributed by atoms with Crippen molar-refractivity contribution in [1.82, 2.24) is 10.2 Å². The molecular formula is C19H30N2O3. The second kappa shape index (κ2) is 10.7. The maximum Gasteiger partial charge on any atom is 0.221 e. The van der Waals surface area contributed by atoms with Gasteiger partial charge in [0.15, 0.2) is 0 Å². The van der Waals surface area contributed by atoms with Gasteiger partial charge in [-0.3, -0.25) is 9.59 Å². The van der Waals surface area contributed by atoms with Gasteiger partial charge in [0.1, 0.15) is 5.75 Å². The van der Waals surface area contributed by atoms with Gasteiger partial charge in [0, 0.05) is 33.0 Å². The van der Waals surface area contributed by atoms with Crippen LogP contribution in [0.15, 0.2) is 24.3 Å². The zero-order valence-electron chi connectivity index (χ0n) is 15.3. The predicted octanol–water partition coefficient (Wildman–Crippen LogP) is 2.64. The first-order chi connectivity index (χ1) is 11.4. The fourth-order valence-electron chi connectivity index (χ4n) is 2.34. The number of hydrogen-bond acceptors (Lipinski definition) is 3. The molecule has 0 aliphatic rings. The molecule has 5 nitrogen and oxygen atoms in total. The molecule has 0 fully saturated rings. The van der Waals surface area contributed by atoms with Crippen molar-refractivity contribution < 1.29 is 14.3 Å². The second-order valence-corrected chi connectivity index (χ2v) is 6.39. The first kappa shape index (κ1) is 20.0. The normalized spacial score (nSPS) is 10.5. The minimum absolute atomic E-state index is 0.0197. The molecule has 0 unspecified atom stereocenters. The number of nitrogens with zero attached hydrogens (tertiary/aromatic N) is 1. The SMILES string of the molecule is COc1cccc(CCNC(=O)CCN(CCC(C)C)C(C)=O)c1. The molecule has 0 aliphatic heterocycles. The van der Waals surface area contributed by atoms with Crippen LogP contribution in [0.1, 0.15) is 39.2 Å². The van der Waals surface area contributed by atoms with Gasteiger partial charge < -0.3 is 15.0 Å². The summed E-state index contributed by atoms with van der Waals surface area (Å²) in [6, 6.07) is 7.82. The van der Waals surface area contributed by atoms with Crippen LogP contribution >= 0.6 is 0 Å². The van der Waals surface area contributed by atoms with E-state index in [4.69, 9.17) is 4.74 Å². The summed E-state index contributed by atoms with van der Waals surface area (Å²) < 4.78 is 5.18. The molecule has 0 heterocycles. The van der Waals surface area contributed by atoms with Crippen LogP contribution in [0.5, 0.6) is 5.75 Å². The summed E-state index contributed by atoms with van der Waals surface area (Å²) in [6.45, 7) is 7.59. The number of hydrogen-bond donors (Lipinski definition) is 1. The molecule has 0 aromatic heterocycles. The largest absolute Gasteiger partial charge is 0.497 e. The Bertz CT molecular complexity index is 529. The Kier molecular flexibility index (Phi) is 8.90. The lowest BCUT2D eigenvalue weighted by molar-refractivity contribution is -0.129. The minimum Gasteiger partial charge on any atom is -0.497 e. The van der Waals surface area contributed by atoms with Gasteiger partial charge in [0.25, 0.3) is 0 Å². The number of methoxy groups -OCH3 is 1. The summed E-state index contributed by atoms with van der Waals surface area (Å²) in [5.74, 6) is 1.37. The number of amides is 2. The molecule has 0 saturated carbocycles. The third-order valence-corrected chi connectivity index (χ3v) is 3.90. The van der Waals surface area contributed by atoms with E-state index in [0.29, 0.717) is 32.0 Å². The van der Waals surface area contributed by atoms with Crippen molar-refractivity contribution >= 4 is 11.8 Å². The number of rotatable bonds is 10. The number of benzene rings is 1. The van der Waals surface area contributed by atoms with Crippen molar-refractivity contribution in [3.8, 4) is 5.75 Å². The molecule has 1 aromatic carbocycles. The second-order valence-electron chi connectivity index (χ2n) is 6.39. The van der Waals surface area contributed by atoms with E-state index < -0.39 is 0 Å². The average Bonchev–Trinajstić information content (AvgIpc) is 2.54. The molecule has 1 rings (SSSR count). The van der Waals surface area contributed by atoms with Gasteiger partial charge in [-0.05, 0) is 36.5 Å². The van der Waals surface area contributed by atoms with Crippen molar-refractivity contribution in [2.24, 2.45) is 5.92 Å². The maximum atomic E-state index is 11.9. The molecule has 1 aromatic rings. The first-order valence-electron chi connectivity index (χ1n) is 8.57. The van der Waals surface area contributed by atoms with E-state index in [-0.39, 0.29) is 11.8 Å². The molecule has 0 radical (unpaired) electrons. The number of carbonyl (C=O) groups is 2. The van der Waals surface area contributed by atoms with E-state index in [1.54, 1.807) is 18.9 Å². The van der Waals surface area contributed by atoms with Crippen molar-refractivity contribution in [2.75, 3.05) is 26.7 Å². The highest BCUT2D eigenvalue weighted by Crippen LogP contribution is 2.12. The fraction of sp³-hybridized carbons (Fsp3) is 0.579. The van der Waals surface area contributed by atoms with Crippen molar-refractivity contribution in [3.05, 3.63) is 29.8 Å². The summed E-state index contributed by atoms with van der Waals surface area (Å²) in [5, 5.41) is 2.91. The average molecular weight is 334 g/mol. The van der Waals surface area contributed by atoms with Crippen LogP contribution in [0.25, 0.3) is 0 Å². The highest BCUT2D eigenvalue weighted by molar-refractivity contribution is 5.78. The number of carbonyl (C=O) groups excluding carboxylic acids is 2. The Morgan fingerprint density at radius 3 is 2.62 bits per heavy atom. The molecule has 24 heavy (non-hydrogen) atoms. The fourth-order valence-corrected chi connectivity index (χ4v) is 2.34.